The van der Waals surface area contributed by atoms with Gasteiger partial charge in [-0.25, -0.2) is 9.48 Å². The lowest BCUT2D eigenvalue weighted by molar-refractivity contribution is -0.154. The number of halogens is 1. The minimum atomic E-state index is -1.08. The molecule has 1 aromatic carbocycles. The third kappa shape index (κ3) is 3.71. The number of carbonyl (C=O) groups is 2. The molecule has 138 valence electrons. The average Bonchev–Trinajstić information content (AvgIpc) is 3.05. The molecule has 2 heterocycles. The summed E-state index contributed by atoms with van der Waals surface area (Å²) in [7, 11) is 0. The zero-order valence-corrected chi connectivity index (χ0v) is 15.0. The molecule has 1 saturated heterocycles. The highest BCUT2D eigenvalue weighted by Crippen LogP contribution is 2.20. The summed E-state index contributed by atoms with van der Waals surface area (Å²) in [6.45, 7) is 2.48. The van der Waals surface area contributed by atoms with Crippen LogP contribution < -0.4 is 0 Å². The zero-order chi connectivity index (χ0) is 18.7. The standard InChI is InChI=1S/C17H19ClN4O4/c1-2-4-13-15(16(23)21-7-8-26-14(10-21)17(24)25)19-20-22(13)12-6-3-5-11(18)9-12/h3,5-6,9,14H,2,4,7-8,10H2,1H3,(H,24,25)/t14-/m1/s1. The second kappa shape index (κ2) is 7.84. The van der Waals surface area contributed by atoms with E-state index in [0.29, 0.717) is 23.7 Å². The number of hydrogen-bond donors (Lipinski definition) is 1. The molecule has 2 aromatic rings. The van der Waals surface area contributed by atoms with Gasteiger partial charge >= 0.3 is 5.97 Å². The highest BCUT2D eigenvalue weighted by Gasteiger charge is 2.32. The predicted molar refractivity (Wildman–Crippen MR) is 93.6 cm³/mol. The van der Waals surface area contributed by atoms with Gasteiger partial charge in [0.15, 0.2) is 11.8 Å². The number of morpholine rings is 1. The average molecular weight is 379 g/mol. The first kappa shape index (κ1) is 18.3. The Morgan fingerprint density at radius 2 is 2.23 bits per heavy atom. The summed E-state index contributed by atoms with van der Waals surface area (Å²) in [6.07, 6.45) is 0.382. The normalized spacial score (nSPS) is 17.3. The van der Waals surface area contributed by atoms with Crippen LogP contribution in [0.2, 0.25) is 5.02 Å². The molecule has 1 aliphatic heterocycles. The van der Waals surface area contributed by atoms with Gasteiger partial charge < -0.3 is 14.7 Å². The highest BCUT2D eigenvalue weighted by atomic mass is 35.5. The minimum Gasteiger partial charge on any atom is -0.479 e. The molecule has 0 radical (unpaired) electrons. The summed E-state index contributed by atoms with van der Waals surface area (Å²) in [6, 6.07) is 7.14. The quantitative estimate of drug-likeness (QED) is 0.852. The first-order valence-electron chi connectivity index (χ1n) is 8.35. The SMILES string of the molecule is CCCc1c(C(=O)N2CCO[C@@H](C(=O)O)C2)nnn1-c1cccc(Cl)c1. The number of carboxylic acid groups (broad SMARTS) is 1. The van der Waals surface area contributed by atoms with Gasteiger partial charge in [0.2, 0.25) is 0 Å². The number of nitrogens with zero attached hydrogens (tertiary/aromatic N) is 4. The van der Waals surface area contributed by atoms with Gasteiger partial charge in [0.1, 0.15) is 0 Å². The Bertz CT molecular complexity index is 823. The van der Waals surface area contributed by atoms with Crippen LogP contribution in [0.5, 0.6) is 0 Å². The lowest BCUT2D eigenvalue weighted by Gasteiger charge is -2.30. The van der Waals surface area contributed by atoms with Crippen molar-refractivity contribution in [1.29, 1.82) is 0 Å². The fourth-order valence-corrected chi connectivity index (χ4v) is 3.06. The molecule has 1 N–H and O–H groups in total. The van der Waals surface area contributed by atoms with Crippen LogP contribution >= 0.6 is 11.6 Å². The van der Waals surface area contributed by atoms with E-state index in [2.05, 4.69) is 10.3 Å². The summed E-state index contributed by atoms with van der Waals surface area (Å²) >= 11 is 6.05. The van der Waals surface area contributed by atoms with Gasteiger partial charge in [0, 0.05) is 11.6 Å². The second-order valence-corrected chi connectivity index (χ2v) is 6.41. The number of rotatable bonds is 5. The smallest absolute Gasteiger partial charge is 0.334 e. The van der Waals surface area contributed by atoms with Crippen LogP contribution in [0.3, 0.4) is 0 Å². The minimum absolute atomic E-state index is 0.0102. The van der Waals surface area contributed by atoms with Crippen LogP contribution in [0.4, 0.5) is 0 Å². The van der Waals surface area contributed by atoms with Gasteiger partial charge in [-0.2, -0.15) is 0 Å². The Labute approximate surface area is 155 Å². The zero-order valence-electron chi connectivity index (χ0n) is 14.3. The van der Waals surface area contributed by atoms with E-state index in [-0.39, 0.29) is 24.8 Å². The molecular weight excluding hydrogens is 360 g/mol. The third-order valence-electron chi connectivity index (χ3n) is 4.13. The number of carboxylic acids is 1. The van der Waals surface area contributed by atoms with Crippen LogP contribution in [0, 0.1) is 0 Å². The number of amides is 1. The number of hydrogen-bond acceptors (Lipinski definition) is 5. The van der Waals surface area contributed by atoms with Crippen molar-refractivity contribution in [3.63, 3.8) is 0 Å². The fraction of sp³-hybridized carbons (Fsp3) is 0.412. The second-order valence-electron chi connectivity index (χ2n) is 5.98. The molecule has 1 amide bonds. The molecule has 1 aromatic heterocycles. The highest BCUT2D eigenvalue weighted by molar-refractivity contribution is 6.30. The van der Waals surface area contributed by atoms with Crippen molar-refractivity contribution in [3.05, 3.63) is 40.7 Å². The molecule has 1 atom stereocenters. The molecule has 9 heteroatoms. The van der Waals surface area contributed by atoms with Crippen molar-refractivity contribution in [2.45, 2.75) is 25.9 Å². The van der Waals surface area contributed by atoms with Crippen molar-refractivity contribution in [2.75, 3.05) is 19.7 Å². The topological polar surface area (TPSA) is 97.6 Å². The Kier molecular flexibility index (Phi) is 5.53. The summed E-state index contributed by atoms with van der Waals surface area (Å²) in [5, 5.41) is 17.9. The lowest BCUT2D eigenvalue weighted by atomic mass is 10.1. The van der Waals surface area contributed by atoms with E-state index in [1.165, 1.54) is 4.90 Å². The Balaban J connectivity index is 1.92. The molecule has 26 heavy (non-hydrogen) atoms. The number of aliphatic carboxylic acids is 1. The van der Waals surface area contributed by atoms with Crippen molar-refractivity contribution in [2.24, 2.45) is 0 Å². The number of benzene rings is 1. The lowest BCUT2D eigenvalue weighted by Crippen LogP contribution is -2.48. The van der Waals surface area contributed by atoms with E-state index in [1.54, 1.807) is 22.9 Å². The van der Waals surface area contributed by atoms with Crippen molar-refractivity contribution in [3.8, 4) is 5.69 Å². The predicted octanol–water partition coefficient (Wildman–Crippen LogP) is 1.80. The summed E-state index contributed by atoms with van der Waals surface area (Å²) in [5.74, 6) is -1.42. The van der Waals surface area contributed by atoms with Crippen LogP contribution in [0.15, 0.2) is 24.3 Å². The largest absolute Gasteiger partial charge is 0.479 e. The first-order chi connectivity index (χ1) is 12.5. The van der Waals surface area contributed by atoms with Gasteiger partial charge in [-0.15, -0.1) is 5.10 Å². The molecule has 3 rings (SSSR count). The van der Waals surface area contributed by atoms with E-state index in [0.717, 1.165) is 12.1 Å². The Morgan fingerprint density at radius 1 is 1.42 bits per heavy atom. The van der Waals surface area contributed by atoms with Crippen molar-refractivity contribution < 1.29 is 19.4 Å². The number of ether oxygens (including phenoxy) is 1. The maximum atomic E-state index is 12.9. The van der Waals surface area contributed by atoms with Crippen LogP contribution in [0.1, 0.15) is 29.5 Å². The van der Waals surface area contributed by atoms with Gasteiger partial charge in [0.25, 0.3) is 5.91 Å². The molecule has 0 aliphatic carbocycles. The molecule has 0 unspecified atom stereocenters. The number of carbonyl (C=O) groups excluding carboxylic acids is 1. The fourth-order valence-electron chi connectivity index (χ4n) is 2.88. The van der Waals surface area contributed by atoms with E-state index in [9.17, 15) is 9.59 Å². The maximum Gasteiger partial charge on any atom is 0.334 e. The monoisotopic (exact) mass is 378 g/mol. The summed E-state index contributed by atoms with van der Waals surface area (Å²) < 4.78 is 6.78. The van der Waals surface area contributed by atoms with Crippen LogP contribution in [-0.2, 0) is 16.0 Å². The molecule has 1 fully saturated rings. The van der Waals surface area contributed by atoms with Gasteiger partial charge in [-0.05, 0) is 24.6 Å². The molecule has 8 nitrogen and oxygen atoms in total. The van der Waals surface area contributed by atoms with Gasteiger partial charge in [0.05, 0.1) is 24.5 Å². The van der Waals surface area contributed by atoms with Crippen LogP contribution in [-0.4, -0.2) is 62.7 Å². The number of aromatic nitrogens is 3. The van der Waals surface area contributed by atoms with Gasteiger partial charge in [-0.1, -0.05) is 36.2 Å². The molecule has 0 saturated carbocycles. The molecule has 0 bridgehead atoms. The van der Waals surface area contributed by atoms with Crippen LogP contribution in [0.25, 0.3) is 5.69 Å². The van der Waals surface area contributed by atoms with E-state index in [1.807, 2.05) is 13.0 Å². The van der Waals surface area contributed by atoms with Crippen molar-refractivity contribution >= 4 is 23.5 Å². The molecular formula is C17H19ClN4O4. The van der Waals surface area contributed by atoms with Gasteiger partial charge in [-0.3, -0.25) is 4.79 Å². The molecule has 1 aliphatic rings. The van der Waals surface area contributed by atoms with E-state index < -0.39 is 12.1 Å². The molecule has 0 spiro atoms. The van der Waals surface area contributed by atoms with E-state index >= 15 is 0 Å². The Hall–Kier alpha value is -2.45. The van der Waals surface area contributed by atoms with E-state index in [4.69, 9.17) is 21.4 Å². The first-order valence-corrected chi connectivity index (χ1v) is 8.73. The third-order valence-corrected chi connectivity index (χ3v) is 4.37. The summed E-state index contributed by atoms with van der Waals surface area (Å²) in [4.78, 5) is 25.5. The summed E-state index contributed by atoms with van der Waals surface area (Å²) in [5.41, 5.74) is 1.63. The maximum absolute atomic E-state index is 12.9. The Morgan fingerprint density at radius 3 is 2.92 bits per heavy atom. The van der Waals surface area contributed by atoms with Crippen molar-refractivity contribution in [1.82, 2.24) is 19.9 Å².